The first kappa shape index (κ1) is 7.28. The van der Waals surface area contributed by atoms with Crippen molar-refractivity contribution in [3.63, 3.8) is 0 Å². The summed E-state index contributed by atoms with van der Waals surface area (Å²) in [5.74, 6) is 0. The van der Waals surface area contributed by atoms with Gasteiger partial charge in [-0.1, -0.05) is 12.2 Å². The highest BCUT2D eigenvalue weighted by atomic mass is 14.6. The first-order valence-corrected chi connectivity index (χ1v) is 2.77. The van der Waals surface area contributed by atoms with Gasteiger partial charge in [0.25, 0.3) is 0 Å². The summed E-state index contributed by atoms with van der Waals surface area (Å²) in [5.41, 5.74) is 7.53. The van der Waals surface area contributed by atoms with E-state index in [1.807, 2.05) is 32.9 Å². The molecule has 0 aliphatic heterocycles. The lowest BCUT2D eigenvalue weighted by Gasteiger charge is -1.95. The zero-order valence-electron chi connectivity index (χ0n) is 5.73. The molecular weight excluding hydrogens is 98.1 g/mol. The van der Waals surface area contributed by atoms with Crippen molar-refractivity contribution in [2.24, 2.45) is 5.73 Å². The Morgan fingerprint density at radius 2 is 1.75 bits per heavy atom. The van der Waals surface area contributed by atoms with Crippen molar-refractivity contribution in [2.45, 2.75) is 20.8 Å². The Labute approximate surface area is 50.9 Å². The molecule has 0 aliphatic rings. The van der Waals surface area contributed by atoms with Gasteiger partial charge in [0.2, 0.25) is 0 Å². The molecule has 0 saturated carbocycles. The fraction of sp³-hybridized carbons (Fsp3) is 0.429. The van der Waals surface area contributed by atoms with E-state index in [-0.39, 0.29) is 0 Å². The number of hydrogen-bond acceptors (Lipinski definition) is 1. The van der Waals surface area contributed by atoms with Crippen molar-refractivity contribution in [3.05, 3.63) is 23.4 Å². The zero-order chi connectivity index (χ0) is 6.57. The first-order valence-electron chi connectivity index (χ1n) is 2.77. The summed E-state index contributed by atoms with van der Waals surface area (Å²) in [6.45, 7) is 5.91. The molecule has 0 saturated heterocycles. The van der Waals surface area contributed by atoms with Crippen molar-refractivity contribution in [1.82, 2.24) is 0 Å². The molecule has 46 valence electrons. The molecule has 0 aromatic rings. The van der Waals surface area contributed by atoms with Crippen LogP contribution in [0, 0.1) is 0 Å². The van der Waals surface area contributed by atoms with Crippen molar-refractivity contribution >= 4 is 0 Å². The van der Waals surface area contributed by atoms with Crippen LogP contribution in [0.2, 0.25) is 0 Å². The van der Waals surface area contributed by atoms with E-state index in [1.54, 1.807) is 0 Å². The summed E-state index contributed by atoms with van der Waals surface area (Å²) in [4.78, 5) is 0. The van der Waals surface area contributed by atoms with Gasteiger partial charge in [-0.25, -0.2) is 0 Å². The third kappa shape index (κ3) is 1.82. The monoisotopic (exact) mass is 111 g/mol. The minimum atomic E-state index is 0.868. The molecule has 0 aliphatic carbocycles. The third-order valence-electron chi connectivity index (χ3n) is 1.20. The summed E-state index contributed by atoms with van der Waals surface area (Å²) in [6, 6.07) is 0. The predicted octanol–water partition coefficient (Wildman–Crippen LogP) is 1.82. The summed E-state index contributed by atoms with van der Waals surface area (Å²) < 4.78 is 0. The van der Waals surface area contributed by atoms with Crippen LogP contribution in [0.4, 0.5) is 0 Å². The molecule has 0 radical (unpaired) electrons. The first-order chi connectivity index (χ1) is 3.72. The number of allylic oxidation sites excluding steroid dienone is 3. The quantitative estimate of drug-likeness (QED) is 0.513. The van der Waals surface area contributed by atoms with Gasteiger partial charge in [0.05, 0.1) is 0 Å². The predicted molar refractivity (Wildman–Crippen MR) is 37.4 cm³/mol. The lowest BCUT2D eigenvalue weighted by Crippen LogP contribution is -1.96. The average Bonchev–Trinajstić information content (AvgIpc) is 1.84. The molecule has 0 amide bonds. The van der Waals surface area contributed by atoms with Gasteiger partial charge in [0, 0.05) is 5.70 Å². The molecule has 0 fully saturated rings. The van der Waals surface area contributed by atoms with Crippen molar-refractivity contribution < 1.29 is 0 Å². The Balaban J connectivity index is 4.04. The summed E-state index contributed by atoms with van der Waals surface area (Å²) >= 11 is 0. The minimum Gasteiger partial charge on any atom is -0.399 e. The van der Waals surface area contributed by atoms with Crippen LogP contribution in [0.15, 0.2) is 23.4 Å². The highest BCUT2D eigenvalue weighted by Gasteiger charge is 1.85. The Morgan fingerprint density at radius 3 is 1.88 bits per heavy atom. The average molecular weight is 111 g/mol. The summed E-state index contributed by atoms with van der Waals surface area (Å²) in [7, 11) is 0. The van der Waals surface area contributed by atoms with Gasteiger partial charge in [-0.15, -0.1) is 0 Å². The maximum Gasteiger partial charge on any atom is 0.0297 e. The van der Waals surface area contributed by atoms with Gasteiger partial charge in [-0.05, 0) is 26.3 Å². The molecule has 1 nitrogen and oxygen atoms in total. The topological polar surface area (TPSA) is 26.0 Å². The van der Waals surface area contributed by atoms with Crippen molar-refractivity contribution in [2.75, 3.05) is 0 Å². The Kier molecular flexibility index (Phi) is 3.01. The highest BCUT2D eigenvalue weighted by Crippen LogP contribution is 1.99. The fourth-order valence-electron chi connectivity index (χ4n) is 0.394. The van der Waals surface area contributed by atoms with Crippen LogP contribution in [-0.4, -0.2) is 0 Å². The van der Waals surface area contributed by atoms with Gasteiger partial charge in [-0.3, -0.25) is 0 Å². The SMILES string of the molecule is CC=C(C)C(N)=CC. The molecule has 0 bridgehead atoms. The second kappa shape index (κ2) is 3.30. The van der Waals surface area contributed by atoms with E-state index in [0.29, 0.717) is 0 Å². The van der Waals surface area contributed by atoms with Crippen LogP contribution >= 0.6 is 0 Å². The molecule has 0 spiro atoms. The van der Waals surface area contributed by atoms with Crippen LogP contribution < -0.4 is 5.73 Å². The van der Waals surface area contributed by atoms with Crippen LogP contribution in [0.5, 0.6) is 0 Å². The molecule has 2 N–H and O–H groups in total. The Morgan fingerprint density at radius 1 is 1.25 bits per heavy atom. The highest BCUT2D eigenvalue weighted by molar-refractivity contribution is 5.24. The van der Waals surface area contributed by atoms with Gasteiger partial charge in [0.15, 0.2) is 0 Å². The molecule has 0 unspecified atom stereocenters. The lowest BCUT2D eigenvalue weighted by molar-refractivity contribution is 1.26. The standard InChI is InChI=1S/C7H13N/c1-4-6(3)7(8)5-2/h4-5H,8H2,1-3H3. The van der Waals surface area contributed by atoms with Gasteiger partial charge in [-0.2, -0.15) is 0 Å². The molecular formula is C7H13N. The van der Waals surface area contributed by atoms with Crippen LogP contribution in [0.25, 0.3) is 0 Å². The molecule has 0 atom stereocenters. The Bertz CT molecular complexity index is 104. The van der Waals surface area contributed by atoms with Crippen LogP contribution in [0.3, 0.4) is 0 Å². The summed E-state index contributed by atoms with van der Waals surface area (Å²) in [6.07, 6.45) is 3.89. The Hall–Kier alpha value is -0.720. The molecule has 0 aromatic carbocycles. The van der Waals surface area contributed by atoms with E-state index in [0.717, 1.165) is 11.3 Å². The van der Waals surface area contributed by atoms with Gasteiger partial charge < -0.3 is 5.73 Å². The normalized spacial score (nSPS) is 14.4. The van der Waals surface area contributed by atoms with Crippen LogP contribution in [0.1, 0.15) is 20.8 Å². The third-order valence-corrected chi connectivity index (χ3v) is 1.20. The van der Waals surface area contributed by atoms with E-state index in [2.05, 4.69) is 0 Å². The maximum absolute atomic E-state index is 5.52. The van der Waals surface area contributed by atoms with E-state index in [9.17, 15) is 0 Å². The van der Waals surface area contributed by atoms with Gasteiger partial charge in [0.1, 0.15) is 0 Å². The molecule has 1 heteroatoms. The molecule has 0 heterocycles. The molecule has 0 aromatic heterocycles. The van der Waals surface area contributed by atoms with Crippen molar-refractivity contribution in [1.29, 1.82) is 0 Å². The second-order valence-electron chi connectivity index (χ2n) is 1.72. The molecule has 8 heavy (non-hydrogen) atoms. The second-order valence-corrected chi connectivity index (χ2v) is 1.72. The largest absolute Gasteiger partial charge is 0.399 e. The maximum atomic E-state index is 5.52. The molecule has 0 rings (SSSR count). The zero-order valence-corrected chi connectivity index (χ0v) is 5.73. The van der Waals surface area contributed by atoms with E-state index >= 15 is 0 Å². The minimum absolute atomic E-state index is 0.868. The van der Waals surface area contributed by atoms with Crippen LogP contribution in [-0.2, 0) is 0 Å². The number of nitrogens with two attached hydrogens (primary N) is 1. The van der Waals surface area contributed by atoms with E-state index < -0.39 is 0 Å². The smallest absolute Gasteiger partial charge is 0.0297 e. The lowest BCUT2D eigenvalue weighted by atomic mass is 10.2. The summed E-state index contributed by atoms with van der Waals surface area (Å²) in [5, 5.41) is 0. The van der Waals surface area contributed by atoms with E-state index in [4.69, 9.17) is 5.73 Å². The van der Waals surface area contributed by atoms with E-state index in [1.165, 1.54) is 0 Å². The number of rotatable bonds is 1. The van der Waals surface area contributed by atoms with Gasteiger partial charge >= 0.3 is 0 Å². The number of hydrogen-bond donors (Lipinski definition) is 1. The fourth-order valence-corrected chi connectivity index (χ4v) is 0.394. The van der Waals surface area contributed by atoms with Crippen molar-refractivity contribution in [3.8, 4) is 0 Å².